The van der Waals surface area contributed by atoms with Crippen LogP contribution in [-0.2, 0) is 0 Å². The summed E-state index contributed by atoms with van der Waals surface area (Å²) in [4.78, 5) is 4.89. The van der Waals surface area contributed by atoms with Gasteiger partial charge in [-0.25, -0.2) is 0 Å². The molecule has 4 nitrogen and oxygen atoms in total. The molecule has 128 valence electrons. The van der Waals surface area contributed by atoms with Gasteiger partial charge in [0, 0.05) is 38.3 Å². The van der Waals surface area contributed by atoms with Crippen molar-refractivity contribution in [1.29, 1.82) is 0 Å². The van der Waals surface area contributed by atoms with Gasteiger partial charge < -0.3 is 15.4 Å². The third-order valence-electron chi connectivity index (χ3n) is 4.73. The van der Waals surface area contributed by atoms with E-state index >= 15 is 0 Å². The number of ether oxygens (including phenoxy) is 1. The number of hydrogen-bond acceptors (Lipinski definition) is 4. The third-order valence-corrected chi connectivity index (χ3v) is 4.73. The second-order valence-corrected chi connectivity index (χ2v) is 6.59. The molecule has 0 bridgehead atoms. The van der Waals surface area contributed by atoms with E-state index in [1.165, 1.54) is 5.56 Å². The molecule has 0 spiro atoms. The zero-order chi connectivity index (χ0) is 16.9. The molecule has 1 saturated heterocycles. The lowest BCUT2D eigenvalue weighted by Crippen LogP contribution is -2.52. The maximum absolute atomic E-state index is 6.14. The highest BCUT2D eigenvalue weighted by Crippen LogP contribution is 2.29. The molecule has 1 aliphatic heterocycles. The summed E-state index contributed by atoms with van der Waals surface area (Å²) in [5.74, 6) is 1.71. The van der Waals surface area contributed by atoms with Gasteiger partial charge in [-0.3, -0.25) is 4.90 Å². The summed E-state index contributed by atoms with van der Waals surface area (Å²) in [6, 6.07) is 18.9. The summed E-state index contributed by atoms with van der Waals surface area (Å²) in [6.07, 6.45) is 0. The number of rotatable bonds is 5. The Bertz CT molecular complexity index is 646. The summed E-state index contributed by atoms with van der Waals surface area (Å²) in [7, 11) is 2.18. The fourth-order valence-corrected chi connectivity index (χ4v) is 3.49. The smallest absolute Gasteiger partial charge is 0.127 e. The zero-order valence-corrected chi connectivity index (χ0v) is 14.6. The maximum Gasteiger partial charge on any atom is 0.127 e. The van der Waals surface area contributed by atoms with E-state index in [2.05, 4.69) is 42.0 Å². The monoisotopic (exact) mass is 325 g/mol. The molecule has 3 rings (SSSR count). The molecule has 24 heavy (non-hydrogen) atoms. The molecule has 0 amide bonds. The molecule has 4 heteroatoms. The normalized spacial score (nSPS) is 20.7. The van der Waals surface area contributed by atoms with Gasteiger partial charge >= 0.3 is 0 Å². The average molecular weight is 325 g/mol. The average Bonchev–Trinajstić information content (AvgIpc) is 2.59. The minimum atomic E-state index is 0.230. The van der Waals surface area contributed by atoms with Crippen LogP contribution in [0.2, 0.25) is 0 Å². The van der Waals surface area contributed by atoms with Crippen molar-refractivity contribution in [3.63, 3.8) is 0 Å². The number of benzene rings is 2. The Labute approximate surface area is 144 Å². The first-order valence-electron chi connectivity index (χ1n) is 8.64. The Morgan fingerprint density at radius 2 is 1.83 bits per heavy atom. The fraction of sp³-hybridized carbons (Fsp3) is 0.400. The van der Waals surface area contributed by atoms with Gasteiger partial charge in [0.05, 0.1) is 0 Å². The largest absolute Gasteiger partial charge is 0.457 e. The summed E-state index contributed by atoms with van der Waals surface area (Å²) >= 11 is 0. The number of hydrogen-bond donors (Lipinski definition) is 1. The molecular weight excluding hydrogens is 298 g/mol. The van der Waals surface area contributed by atoms with E-state index in [1.807, 2.05) is 36.4 Å². The Hall–Kier alpha value is -1.88. The quantitative estimate of drug-likeness (QED) is 0.917. The van der Waals surface area contributed by atoms with E-state index in [9.17, 15) is 0 Å². The lowest BCUT2D eigenvalue weighted by atomic mass is 10.0. The van der Waals surface area contributed by atoms with Gasteiger partial charge in [-0.05, 0) is 43.8 Å². The van der Waals surface area contributed by atoms with Crippen LogP contribution in [0, 0.1) is 0 Å². The predicted molar refractivity (Wildman–Crippen MR) is 98.4 cm³/mol. The van der Waals surface area contributed by atoms with Crippen LogP contribution in [0.3, 0.4) is 0 Å². The van der Waals surface area contributed by atoms with Gasteiger partial charge in [0.2, 0.25) is 0 Å². The first-order valence-corrected chi connectivity index (χ1v) is 8.64. The van der Waals surface area contributed by atoms with E-state index in [1.54, 1.807) is 0 Å². The first kappa shape index (κ1) is 17.0. The number of likely N-dealkylation sites (N-methyl/N-ethyl adjacent to an activating group) is 1. The summed E-state index contributed by atoms with van der Waals surface area (Å²) in [5.41, 5.74) is 7.36. The number of para-hydroxylation sites is 1. The predicted octanol–water partition coefficient (Wildman–Crippen LogP) is 3.11. The van der Waals surface area contributed by atoms with Crippen molar-refractivity contribution in [2.75, 3.05) is 33.2 Å². The van der Waals surface area contributed by atoms with Gasteiger partial charge in [-0.2, -0.15) is 0 Å². The van der Waals surface area contributed by atoms with Crippen LogP contribution in [0.5, 0.6) is 11.5 Å². The molecule has 0 aromatic heterocycles. The molecule has 0 radical (unpaired) electrons. The first-order chi connectivity index (χ1) is 11.7. The summed E-state index contributed by atoms with van der Waals surface area (Å²) in [6.45, 7) is 6.10. The molecule has 2 aromatic rings. The highest BCUT2D eigenvalue weighted by Gasteiger charge is 2.28. The third kappa shape index (κ3) is 3.96. The molecule has 1 aliphatic rings. The van der Waals surface area contributed by atoms with Crippen molar-refractivity contribution in [3.05, 3.63) is 60.2 Å². The van der Waals surface area contributed by atoms with E-state index < -0.39 is 0 Å². The lowest BCUT2D eigenvalue weighted by molar-refractivity contribution is 0.0635. The second kappa shape index (κ2) is 7.79. The maximum atomic E-state index is 6.14. The highest BCUT2D eigenvalue weighted by molar-refractivity contribution is 5.35. The minimum absolute atomic E-state index is 0.230. The standard InChI is InChI=1S/C20H27N3O/c1-16-15-22(2)11-12-23(16)20(14-21)17-7-6-10-19(13-17)24-18-8-4-3-5-9-18/h3-10,13,16,20H,11-12,14-15,21H2,1-2H3. The van der Waals surface area contributed by atoms with Crippen LogP contribution >= 0.6 is 0 Å². The Morgan fingerprint density at radius 1 is 1.08 bits per heavy atom. The lowest BCUT2D eigenvalue weighted by Gasteiger charge is -2.42. The van der Waals surface area contributed by atoms with Gasteiger partial charge in [0.1, 0.15) is 11.5 Å². The van der Waals surface area contributed by atoms with Crippen LogP contribution in [0.1, 0.15) is 18.5 Å². The van der Waals surface area contributed by atoms with Crippen LogP contribution in [0.15, 0.2) is 54.6 Å². The molecule has 0 aliphatic carbocycles. The molecule has 2 unspecified atom stereocenters. The van der Waals surface area contributed by atoms with E-state index in [-0.39, 0.29) is 6.04 Å². The molecule has 2 atom stereocenters. The molecule has 2 N–H and O–H groups in total. The second-order valence-electron chi connectivity index (χ2n) is 6.59. The van der Waals surface area contributed by atoms with Crippen molar-refractivity contribution >= 4 is 0 Å². The Balaban J connectivity index is 1.78. The summed E-state index contributed by atoms with van der Waals surface area (Å²) < 4.78 is 5.98. The van der Waals surface area contributed by atoms with Crippen LogP contribution in [-0.4, -0.2) is 49.1 Å². The molecular formula is C20H27N3O. The van der Waals surface area contributed by atoms with Gasteiger partial charge in [0.15, 0.2) is 0 Å². The minimum Gasteiger partial charge on any atom is -0.457 e. The van der Waals surface area contributed by atoms with E-state index in [4.69, 9.17) is 10.5 Å². The molecule has 1 fully saturated rings. The van der Waals surface area contributed by atoms with Crippen LogP contribution < -0.4 is 10.5 Å². The molecule has 2 aromatic carbocycles. The van der Waals surface area contributed by atoms with Crippen molar-refractivity contribution < 1.29 is 4.74 Å². The van der Waals surface area contributed by atoms with Crippen LogP contribution in [0.25, 0.3) is 0 Å². The zero-order valence-electron chi connectivity index (χ0n) is 14.6. The topological polar surface area (TPSA) is 41.7 Å². The van der Waals surface area contributed by atoms with E-state index in [0.717, 1.165) is 31.1 Å². The van der Waals surface area contributed by atoms with Gasteiger partial charge in [-0.1, -0.05) is 30.3 Å². The van der Waals surface area contributed by atoms with Crippen molar-refractivity contribution in [1.82, 2.24) is 9.80 Å². The van der Waals surface area contributed by atoms with Crippen LogP contribution in [0.4, 0.5) is 0 Å². The van der Waals surface area contributed by atoms with Crippen molar-refractivity contribution in [2.45, 2.75) is 19.0 Å². The molecule has 1 heterocycles. The van der Waals surface area contributed by atoms with Crippen molar-refractivity contribution in [3.8, 4) is 11.5 Å². The van der Waals surface area contributed by atoms with Gasteiger partial charge in [-0.15, -0.1) is 0 Å². The van der Waals surface area contributed by atoms with Gasteiger partial charge in [0.25, 0.3) is 0 Å². The SMILES string of the molecule is CC1CN(C)CCN1C(CN)c1cccc(Oc2ccccc2)c1. The Kier molecular flexibility index (Phi) is 5.51. The van der Waals surface area contributed by atoms with Crippen molar-refractivity contribution in [2.24, 2.45) is 5.73 Å². The summed E-state index contributed by atoms with van der Waals surface area (Å²) in [5, 5.41) is 0. The molecule has 0 saturated carbocycles. The number of nitrogens with zero attached hydrogens (tertiary/aromatic N) is 2. The highest BCUT2D eigenvalue weighted by atomic mass is 16.5. The number of nitrogens with two attached hydrogens (primary N) is 1. The van der Waals surface area contributed by atoms with E-state index in [0.29, 0.717) is 12.6 Å². The Morgan fingerprint density at radius 3 is 2.54 bits per heavy atom. The number of piperazine rings is 1. The fourth-order valence-electron chi connectivity index (χ4n) is 3.49.